The van der Waals surface area contributed by atoms with Gasteiger partial charge in [0.2, 0.25) is 0 Å². The van der Waals surface area contributed by atoms with E-state index in [2.05, 4.69) is 91.2 Å². The van der Waals surface area contributed by atoms with Crippen LogP contribution in [-0.2, 0) is 12.0 Å². The van der Waals surface area contributed by atoms with Gasteiger partial charge in [-0.3, -0.25) is 4.90 Å². The van der Waals surface area contributed by atoms with E-state index >= 15 is 0 Å². The van der Waals surface area contributed by atoms with E-state index in [1.807, 2.05) is 0 Å². The van der Waals surface area contributed by atoms with E-state index in [1.165, 1.54) is 16.7 Å². The second kappa shape index (κ2) is 10.1. The molecule has 0 radical (unpaired) electrons. The van der Waals surface area contributed by atoms with Gasteiger partial charge in [-0.15, -0.1) is 0 Å². The molecule has 1 heterocycles. The molecule has 0 aliphatic carbocycles. The molecule has 3 heteroatoms. The molecule has 3 rings (SSSR count). The van der Waals surface area contributed by atoms with Gasteiger partial charge in [0.1, 0.15) is 0 Å². The molecule has 1 aliphatic rings. The maximum Gasteiger partial charge on any atom is 0.0848 e. The molecule has 0 saturated carbocycles. The second-order valence-electron chi connectivity index (χ2n) is 8.76. The van der Waals surface area contributed by atoms with Crippen molar-refractivity contribution in [3.63, 3.8) is 0 Å². The highest BCUT2D eigenvalue weighted by Gasteiger charge is 2.36. The monoisotopic (exact) mass is 389 g/mol. The van der Waals surface area contributed by atoms with Crippen LogP contribution >= 0.6 is 0 Å². The summed E-state index contributed by atoms with van der Waals surface area (Å²) in [6.07, 6.45) is 2.00. The number of hydrogen-bond donors (Lipinski definition) is 0. The van der Waals surface area contributed by atoms with Crippen molar-refractivity contribution in [1.29, 1.82) is 5.26 Å². The number of aryl methyl sites for hydroxylation is 1. The lowest BCUT2D eigenvalue weighted by molar-refractivity contribution is 0.123. The third kappa shape index (κ3) is 5.26. The van der Waals surface area contributed by atoms with Gasteiger partial charge in [-0.25, -0.2) is 0 Å². The average molecular weight is 390 g/mol. The molecule has 0 N–H and O–H groups in total. The van der Waals surface area contributed by atoms with Crippen LogP contribution in [-0.4, -0.2) is 42.5 Å². The summed E-state index contributed by atoms with van der Waals surface area (Å²) in [5.41, 5.74) is 3.46. The Bertz CT molecular complexity index is 800. The van der Waals surface area contributed by atoms with Gasteiger partial charge in [0.15, 0.2) is 0 Å². The summed E-state index contributed by atoms with van der Waals surface area (Å²) in [4.78, 5) is 5.12. The predicted octanol–water partition coefficient (Wildman–Crippen LogP) is 5.01. The molecule has 29 heavy (non-hydrogen) atoms. The van der Waals surface area contributed by atoms with Crippen molar-refractivity contribution in [2.75, 3.05) is 32.7 Å². The van der Waals surface area contributed by atoms with Crippen LogP contribution in [0.5, 0.6) is 0 Å². The van der Waals surface area contributed by atoms with Gasteiger partial charge in [0.25, 0.3) is 0 Å². The summed E-state index contributed by atoms with van der Waals surface area (Å²) >= 11 is 0. The summed E-state index contributed by atoms with van der Waals surface area (Å²) in [5.74, 6) is 0.302. The highest BCUT2D eigenvalue weighted by molar-refractivity contribution is 5.39. The molecule has 2 aromatic carbocycles. The SMILES string of the molecule is Cc1ccccc1[C@](C#N)(CCCN1CCN(Cc2ccccc2)CC1)C(C)C. The summed E-state index contributed by atoms with van der Waals surface area (Å²) in [5, 5.41) is 10.2. The molecule has 154 valence electrons. The van der Waals surface area contributed by atoms with Crippen LogP contribution in [0.2, 0.25) is 0 Å². The van der Waals surface area contributed by atoms with Crippen molar-refractivity contribution in [2.45, 2.75) is 45.6 Å². The van der Waals surface area contributed by atoms with E-state index < -0.39 is 0 Å². The Morgan fingerprint density at radius 2 is 1.55 bits per heavy atom. The van der Waals surface area contributed by atoms with Crippen LogP contribution in [0.4, 0.5) is 0 Å². The first-order chi connectivity index (χ1) is 14.0. The first-order valence-corrected chi connectivity index (χ1v) is 11.0. The average Bonchev–Trinajstić information content (AvgIpc) is 2.74. The minimum atomic E-state index is -0.388. The number of hydrogen-bond acceptors (Lipinski definition) is 3. The molecule has 1 atom stereocenters. The zero-order valence-electron chi connectivity index (χ0n) is 18.3. The molecule has 1 fully saturated rings. The Labute approximate surface area is 177 Å². The molecule has 0 unspecified atom stereocenters. The van der Waals surface area contributed by atoms with Crippen LogP contribution in [0.1, 0.15) is 43.4 Å². The lowest BCUT2D eigenvalue weighted by Gasteiger charge is -2.36. The standard InChI is InChI=1S/C26H35N3/c1-22(2)26(21-27,25-13-8-7-10-23(25)3)14-9-15-28-16-18-29(19-17-28)20-24-11-5-4-6-12-24/h4-8,10-13,22H,9,14-20H2,1-3H3/t26-/m0/s1. The number of nitrogens with zero attached hydrogens (tertiary/aromatic N) is 3. The van der Waals surface area contributed by atoms with Crippen molar-refractivity contribution >= 4 is 0 Å². The van der Waals surface area contributed by atoms with E-state index in [1.54, 1.807) is 0 Å². The fourth-order valence-electron chi connectivity index (χ4n) is 4.65. The molecule has 0 spiro atoms. The fraction of sp³-hybridized carbons (Fsp3) is 0.500. The van der Waals surface area contributed by atoms with Crippen LogP contribution in [0, 0.1) is 24.2 Å². The summed E-state index contributed by atoms with van der Waals surface area (Å²) in [7, 11) is 0. The first-order valence-electron chi connectivity index (χ1n) is 11.0. The molecule has 0 bridgehead atoms. The molecule has 1 aliphatic heterocycles. The van der Waals surface area contributed by atoms with Crippen molar-refractivity contribution in [2.24, 2.45) is 5.92 Å². The maximum absolute atomic E-state index is 10.2. The van der Waals surface area contributed by atoms with Crippen molar-refractivity contribution < 1.29 is 0 Å². The molecule has 0 aromatic heterocycles. The Morgan fingerprint density at radius 3 is 2.17 bits per heavy atom. The number of nitriles is 1. The lowest BCUT2D eigenvalue weighted by Crippen LogP contribution is -2.46. The highest BCUT2D eigenvalue weighted by atomic mass is 15.3. The minimum absolute atomic E-state index is 0.302. The predicted molar refractivity (Wildman–Crippen MR) is 121 cm³/mol. The largest absolute Gasteiger partial charge is 0.301 e. The normalized spacial score (nSPS) is 17.8. The van der Waals surface area contributed by atoms with Crippen LogP contribution in [0.3, 0.4) is 0 Å². The van der Waals surface area contributed by atoms with E-state index in [4.69, 9.17) is 0 Å². The first kappa shape index (κ1) is 21.6. The van der Waals surface area contributed by atoms with Gasteiger partial charge in [0, 0.05) is 32.7 Å². The van der Waals surface area contributed by atoms with Gasteiger partial charge >= 0.3 is 0 Å². The van der Waals surface area contributed by atoms with Crippen LogP contribution in [0.25, 0.3) is 0 Å². The number of benzene rings is 2. The summed E-state index contributed by atoms with van der Waals surface area (Å²) in [6, 6.07) is 21.9. The van der Waals surface area contributed by atoms with Crippen molar-refractivity contribution in [3.05, 3.63) is 71.3 Å². The third-order valence-corrected chi connectivity index (χ3v) is 6.57. The molecule has 3 nitrogen and oxygen atoms in total. The van der Waals surface area contributed by atoms with Crippen LogP contribution in [0.15, 0.2) is 54.6 Å². The maximum atomic E-state index is 10.2. The van der Waals surface area contributed by atoms with Gasteiger partial charge in [-0.1, -0.05) is 68.4 Å². The fourth-order valence-corrected chi connectivity index (χ4v) is 4.65. The van der Waals surface area contributed by atoms with Crippen LogP contribution < -0.4 is 0 Å². The van der Waals surface area contributed by atoms with E-state index in [0.29, 0.717) is 5.92 Å². The number of rotatable bonds is 8. The smallest absolute Gasteiger partial charge is 0.0848 e. The zero-order valence-corrected chi connectivity index (χ0v) is 18.3. The summed E-state index contributed by atoms with van der Waals surface area (Å²) in [6.45, 7) is 13.2. The van der Waals surface area contributed by atoms with Gasteiger partial charge < -0.3 is 4.90 Å². The van der Waals surface area contributed by atoms with E-state index in [9.17, 15) is 5.26 Å². The Kier molecular flexibility index (Phi) is 7.47. The second-order valence-corrected chi connectivity index (χ2v) is 8.76. The lowest BCUT2D eigenvalue weighted by atomic mass is 9.68. The topological polar surface area (TPSA) is 30.3 Å². The Morgan fingerprint density at radius 1 is 0.931 bits per heavy atom. The zero-order chi connectivity index (χ0) is 20.7. The van der Waals surface area contributed by atoms with E-state index in [0.717, 1.165) is 52.1 Å². The molecular formula is C26H35N3. The van der Waals surface area contributed by atoms with Gasteiger partial charge in [0.05, 0.1) is 11.5 Å². The van der Waals surface area contributed by atoms with Gasteiger partial charge in [-0.05, 0) is 48.9 Å². The Hall–Kier alpha value is -2.15. The molecular weight excluding hydrogens is 354 g/mol. The quantitative estimate of drug-likeness (QED) is 0.636. The molecule has 2 aromatic rings. The van der Waals surface area contributed by atoms with Crippen molar-refractivity contribution in [3.8, 4) is 6.07 Å². The van der Waals surface area contributed by atoms with Gasteiger partial charge in [-0.2, -0.15) is 5.26 Å². The van der Waals surface area contributed by atoms with E-state index in [-0.39, 0.29) is 5.41 Å². The summed E-state index contributed by atoms with van der Waals surface area (Å²) < 4.78 is 0. The third-order valence-electron chi connectivity index (χ3n) is 6.57. The Balaban J connectivity index is 1.52. The highest BCUT2D eigenvalue weighted by Crippen LogP contribution is 2.38. The molecule has 1 saturated heterocycles. The minimum Gasteiger partial charge on any atom is -0.301 e. The van der Waals surface area contributed by atoms with Crippen molar-refractivity contribution in [1.82, 2.24) is 9.80 Å². The molecule has 0 amide bonds. The number of piperazine rings is 1.